The summed E-state index contributed by atoms with van der Waals surface area (Å²) in [4.78, 5) is 11.9. The largest absolute Gasteiger partial charge is 0.466 e. The zero-order valence-electron chi connectivity index (χ0n) is 5.54. The van der Waals surface area contributed by atoms with Gasteiger partial charge >= 0.3 is 0 Å². The van der Waals surface area contributed by atoms with Gasteiger partial charge in [-0.3, -0.25) is 9.69 Å². The molecule has 0 N–H and O–H groups in total. The van der Waals surface area contributed by atoms with E-state index in [-0.39, 0.29) is 0 Å². The van der Waals surface area contributed by atoms with Crippen LogP contribution in [0.15, 0.2) is 0 Å². The minimum Gasteiger partial charge on any atom is -0.466 e. The van der Waals surface area contributed by atoms with Crippen molar-refractivity contribution < 1.29 is 9.53 Å². The van der Waals surface area contributed by atoms with Gasteiger partial charge in [-0.2, -0.15) is 0 Å². The molecule has 0 saturated carbocycles. The number of rotatable bonds is 3. The Balaban J connectivity index is 2.06. The summed E-state index contributed by atoms with van der Waals surface area (Å²) in [7, 11) is 2.03. The van der Waals surface area contributed by atoms with Crippen LogP contribution in [0.25, 0.3) is 0 Å². The van der Waals surface area contributed by atoms with E-state index in [1.807, 2.05) is 7.05 Å². The lowest BCUT2D eigenvalue weighted by molar-refractivity contribution is -0.131. The number of ether oxygens (including phenoxy) is 1. The van der Waals surface area contributed by atoms with Crippen molar-refractivity contribution in [2.45, 2.75) is 12.5 Å². The van der Waals surface area contributed by atoms with Crippen LogP contribution in [0.4, 0.5) is 0 Å². The molecule has 0 spiro atoms. The fraction of sp³-hybridized carbons (Fsp3) is 0.833. The molecule has 0 bridgehead atoms. The molecule has 0 aromatic carbocycles. The molecular formula is C6H11NO2. The Morgan fingerprint density at radius 3 is 3.00 bits per heavy atom. The highest BCUT2D eigenvalue weighted by Gasteiger charge is 2.23. The third-order valence-electron chi connectivity index (χ3n) is 1.80. The smallest absolute Gasteiger partial charge is 0.293 e. The molecule has 1 saturated heterocycles. The van der Waals surface area contributed by atoms with Crippen molar-refractivity contribution in [1.82, 2.24) is 4.90 Å². The minimum atomic E-state index is 0.482. The predicted molar refractivity (Wildman–Crippen MR) is 33.1 cm³/mol. The molecule has 9 heavy (non-hydrogen) atoms. The maximum atomic E-state index is 9.72. The van der Waals surface area contributed by atoms with Gasteiger partial charge in [-0.05, 0) is 20.0 Å². The molecule has 1 unspecified atom stereocenters. The average molecular weight is 129 g/mol. The van der Waals surface area contributed by atoms with Crippen LogP contribution < -0.4 is 0 Å². The van der Waals surface area contributed by atoms with Crippen molar-refractivity contribution >= 4 is 6.47 Å². The third kappa shape index (κ3) is 1.42. The highest BCUT2D eigenvalue weighted by molar-refractivity contribution is 5.37. The second-order valence-corrected chi connectivity index (χ2v) is 2.35. The Kier molecular flexibility index (Phi) is 2.05. The zero-order chi connectivity index (χ0) is 6.69. The number of likely N-dealkylation sites (N-methyl/N-ethyl adjacent to an activating group) is 1. The fourth-order valence-corrected chi connectivity index (χ4v) is 0.931. The lowest BCUT2D eigenvalue weighted by Crippen LogP contribution is -2.47. The van der Waals surface area contributed by atoms with Gasteiger partial charge in [0.1, 0.15) is 6.61 Å². The number of carbonyl (C=O) groups excluding carboxylic acids is 1. The number of hydrogen-bond donors (Lipinski definition) is 0. The molecule has 1 fully saturated rings. The number of likely N-dealkylation sites (tertiary alicyclic amines) is 1. The van der Waals surface area contributed by atoms with Crippen LogP contribution in [-0.2, 0) is 9.53 Å². The van der Waals surface area contributed by atoms with Crippen LogP contribution in [0.2, 0.25) is 0 Å². The highest BCUT2D eigenvalue weighted by atomic mass is 16.5. The molecule has 0 aromatic rings. The van der Waals surface area contributed by atoms with E-state index in [1.54, 1.807) is 0 Å². The van der Waals surface area contributed by atoms with Gasteiger partial charge in [0.25, 0.3) is 6.47 Å². The topological polar surface area (TPSA) is 29.5 Å². The maximum Gasteiger partial charge on any atom is 0.293 e. The summed E-state index contributed by atoms with van der Waals surface area (Å²) >= 11 is 0. The van der Waals surface area contributed by atoms with E-state index in [0.717, 1.165) is 13.0 Å². The van der Waals surface area contributed by atoms with Crippen molar-refractivity contribution in [3.8, 4) is 0 Å². The molecule has 0 aliphatic carbocycles. The van der Waals surface area contributed by atoms with Gasteiger partial charge in [0.15, 0.2) is 0 Å². The SMILES string of the molecule is CN1CCC1COC=O. The second-order valence-electron chi connectivity index (χ2n) is 2.35. The van der Waals surface area contributed by atoms with Gasteiger partial charge in [0.2, 0.25) is 0 Å². The maximum absolute atomic E-state index is 9.72. The van der Waals surface area contributed by atoms with Crippen molar-refractivity contribution in [3.05, 3.63) is 0 Å². The molecular weight excluding hydrogens is 118 g/mol. The molecule has 3 heteroatoms. The molecule has 0 radical (unpaired) electrons. The molecule has 1 rings (SSSR count). The number of carbonyl (C=O) groups is 1. The van der Waals surface area contributed by atoms with Crippen LogP contribution in [0, 0.1) is 0 Å². The van der Waals surface area contributed by atoms with Gasteiger partial charge in [-0.25, -0.2) is 0 Å². The van der Waals surface area contributed by atoms with Crippen LogP contribution in [0.5, 0.6) is 0 Å². The van der Waals surface area contributed by atoms with E-state index in [1.165, 1.54) is 0 Å². The quantitative estimate of drug-likeness (QED) is 0.497. The predicted octanol–water partition coefficient (Wildman–Crippen LogP) is -0.137. The van der Waals surface area contributed by atoms with Crippen LogP contribution in [0.3, 0.4) is 0 Å². The minimum absolute atomic E-state index is 0.482. The number of hydrogen-bond acceptors (Lipinski definition) is 3. The summed E-state index contributed by atoms with van der Waals surface area (Å²) in [5.74, 6) is 0. The van der Waals surface area contributed by atoms with Gasteiger partial charge in [0.05, 0.1) is 0 Å². The summed E-state index contributed by atoms with van der Waals surface area (Å²) in [6.07, 6.45) is 1.16. The third-order valence-corrected chi connectivity index (χ3v) is 1.80. The van der Waals surface area contributed by atoms with E-state index >= 15 is 0 Å². The normalized spacial score (nSPS) is 27.0. The van der Waals surface area contributed by atoms with Crippen molar-refractivity contribution in [2.75, 3.05) is 20.2 Å². The molecule has 1 atom stereocenters. The Hall–Kier alpha value is -0.570. The molecule has 0 aromatic heterocycles. The van der Waals surface area contributed by atoms with Crippen LogP contribution in [0.1, 0.15) is 6.42 Å². The first-order chi connectivity index (χ1) is 4.34. The van der Waals surface area contributed by atoms with Gasteiger partial charge in [0, 0.05) is 6.04 Å². The Bertz CT molecular complexity index is 105. The van der Waals surface area contributed by atoms with Crippen LogP contribution >= 0.6 is 0 Å². The fourth-order valence-electron chi connectivity index (χ4n) is 0.931. The van der Waals surface area contributed by atoms with E-state index in [9.17, 15) is 4.79 Å². The highest BCUT2D eigenvalue weighted by Crippen LogP contribution is 2.13. The summed E-state index contributed by atoms with van der Waals surface area (Å²) in [5.41, 5.74) is 0. The lowest BCUT2D eigenvalue weighted by Gasteiger charge is -2.36. The van der Waals surface area contributed by atoms with Gasteiger partial charge in [-0.1, -0.05) is 0 Å². The van der Waals surface area contributed by atoms with Crippen molar-refractivity contribution in [3.63, 3.8) is 0 Å². The Morgan fingerprint density at radius 1 is 1.89 bits per heavy atom. The monoisotopic (exact) mass is 129 g/mol. The molecule has 1 heterocycles. The molecule has 1 aliphatic rings. The summed E-state index contributed by atoms with van der Waals surface area (Å²) < 4.78 is 4.59. The van der Waals surface area contributed by atoms with E-state index in [0.29, 0.717) is 19.1 Å². The Morgan fingerprint density at radius 2 is 2.67 bits per heavy atom. The first kappa shape index (κ1) is 6.55. The first-order valence-electron chi connectivity index (χ1n) is 3.10. The second kappa shape index (κ2) is 2.82. The van der Waals surface area contributed by atoms with Crippen molar-refractivity contribution in [1.29, 1.82) is 0 Å². The zero-order valence-corrected chi connectivity index (χ0v) is 5.54. The van der Waals surface area contributed by atoms with Crippen molar-refractivity contribution in [2.24, 2.45) is 0 Å². The van der Waals surface area contributed by atoms with Crippen LogP contribution in [-0.4, -0.2) is 37.6 Å². The Labute approximate surface area is 54.6 Å². The first-order valence-corrected chi connectivity index (χ1v) is 3.10. The molecule has 1 aliphatic heterocycles. The molecule has 3 nitrogen and oxygen atoms in total. The standard InChI is InChI=1S/C6H11NO2/c1-7-3-2-6(7)4-9-5-8/h5-6H,2-4H2,1H3. The molecule has 52 valence electrons. The average Bonchev–Trinajstić information content (AvgIpc) is 1.86. The summed E-state index contributed by atoms with van der Waals surface area (Å²) in [6.45, 7) is 2.19. The van der Waals surface area contributed by atoms with E-state index in [2.05, 4.69) is 9.64 Å². The van der Waals surface area contributed by atoms with Gasteiger partial charge in [-0.15, -0.1) is 0 Å². The molecule has 0 amide bonds. The van der Waals surface area contributed by atoms with E-state index in [4.69, 9.17) is 0 Å². The van der Waals surface area contributed by atoms with E-state index < -0.39 is 0 Å². The lowest BCUT2D eigenvalue weighted by atomic mass is 10.1. The summed E-state index contributed by atoms with van der Waals surface area (Å²) in [6, 6.07) is 0.482. The van der Waals surface area contributed by atoms with Gasteiger partial charge < -0.3 is 4.74 Å². The summed E-state index contributed by atoms with van der Waals surface area (Å²) in [5, 5.41) is 0. The number of nitrogens with zero attached hydrogens (tertiary/aromatic N) is 1.